The molecule has 0 spiro atoms. The first kappa shape index (κ1) is 16.2. The second kappa shape index (κ2) is 6.46. The van der Waals surface area contributed by atoms with Crippen molar-refractivity contribution in [3.63, 3.8) is 0 Å². The molecule has 0 unspecified atom stereocenters. The Morgan fingerprint density at radius 3 is 2.67 bits per heavy atom. The Labute approximate surface area is 147 Å². The van der Waals surface area contributed by atoms with Crippen molar-refractivity contribution in [2.45, 2.75) is 0 Å². The van der Waals surface area contributed by atoms with Gasteiger partial charge in [-0.15, -0.1) is 5.75 Å². The van der Waals surface area contributed by atoms with Crippen molar-refractivity contribution >= 4 is 51.9 Å². The van der Waals surface area contributed by atoms with E-state index >= 15 is 0 Å². The van der Waals surface area contributed by atoms with E-state index in [1.807, 2.05) is 0 Å². The lowest BCUT2D eigenvalue weighted by Crippen LogP contribution is -2.27. The van der Waals surface area contributed by atoms with E-state index in [0.717, 1.165) is 11.8 Å². The number of carboxylic acids is 1. The Bertz CT molecular complexity index is 892. The summed E-state index contributed by atoms with van der Waals surface area (Å²) < 4.78 is 0.289. The molecule has 120 valence electrons. The number of hydrogen-bond donors (Lipinski definition) is 1. The fourth-order valence-corrected chi connectivity index (χ4v) is 3.50. The number of carbonyl (C=O) groups is 2. The first-order valence-electron chi connectivity index (χ1n) is 6.85. The van der Waals surface area contributed by atoms with Gasteiger partial charge in [-0.25, -0.2) is 4.79 Å². The number of rotatable bonds is 3. The van der Waals surface area contributed by atoms with Crippen molar-refractivity contribution in [1.29, 1.82) is 0 Å². The van der Waals surface area contributed by atoms with Gasteiger partial charge >= 0.3 is 5.97 Å². The maximum absolute atomic E-state index is 12.6. The molecule has 0 radical (unpaired) electrons. The molecular weight excluding hydrogens is 346 g/mol. The van der Waals surface area contributed by atoms with Crippen LogP contribution in [0.4, 0.5) is 5.69 Å². The quantitative estimate of drug-likeness (QED) is 0.673. The van der Waals surface area contributed by atoms with Crippen LogP contribution in [0.1, 0.15) is 15.9 Å². The molecule has 1 N–H and O–H groups in total. The number of nitrogens with zero attached hydrogens (tertiary/aromatic N) is 1. The minimum atomic E-state index is -1.09. The number of hydrogen-bond acceptors (Lipinski definition) is 5. The molecular formula is C17H10NO4S2-. The Kier molecular flexibility index (Phi) is 4.37. The third-order valence-electron chi connectivity index (χ3n) is 3.35. The van der Waals surface area contributed by atoms with Crippen LogP contribution in [0, 0.1) is 0 Å². The molecule has 3 rings (SSSR count). The molecule has 0 aromatic heterocycles. The summed E-state index contributed by atoms with van der Waals surface area (Å²) >= 11 is 6.31. The highest BCUT2D eigenvalue weighted by molar-refractivity contribution is 8.27. The highest BCUT2D eigenvalue weighted by Gasteiger charge is 2.33. The normalized spacial score (nSPS) is 16.0. The van der Waals surface area contributed by atoms with Gasteiger partial charge in [0, 0.05) is 0 Å². The summed E-state index contributed by atoms with van der Waals surface area (Å²) in [5.41, 5.74) is 0.851. The van der Waals surface area contributed by atoms with E-state index in [1.54, 1.807) is 30.3 Å². The fourth-order valence-electron chi connectivity index (χ4n) is 2.21. The zero-order chi connectivity index (χ0) is 17.3. The Morgan fingerprint density at radius 1 is 1.21 bits per heavy atom. The molecule has 0 aliphatic carbocycles. The fraction of sp³-hybridized carbons (Fsp3) is 0. The summed E-state index contributed by atoms with van der Waals surface area (Å²) in [6, 6.07) is 12.4. The number of amides is 1. The van der Waals surface area contributed by atoms with Crippen molar-refractivity contribution in [2.75, 3.05) is 4.90 Å². The molecule has 1 saturated heterocycles. The van der Waals surface area contributed by atoms with E-state index in [2.05, 4.69) is 0 Å². The van der Waals surface area contributed by atoms with Crippen LogP contribution in [0.5, 0.6) is 5.75 Å². The second-order valence-electron chi connectivity index (χ2n) is 4.91. The van der Waals surface area contributed by atoms with Gasteiger partial charge in [-0.2, -0.15) is 0 Å². The molecule has 24 heavy (non-hydrogen) atoms. The number of carbonyl (C=O) groups excluding carboxylic acids is 1. The van der Waals surface area contributed by atoms with Crippen molar-refractivity contribution < 1.29 is 19.8 Å². The average molecular weight is 356 g/mol. The van der Waals surface area contributed by atoms with Crippen LogP contribution in [0.15, 0.2) is 53.4 Å². The van der Waals surface area contributed by atoms with Gasteiger partial charge in [0.15, 0.2) is 4.32 Å². The minimum Gasteiger partial charge on any atom is -0.872 e. The SMILES string of the molecule is O=C(O)c1cccc(N2C(=O)/C(=C\c3ccccc3[O-])SC2=S)c1. The number of para-hydroxylation sites is 1. The van der Waals surface area contributed by atoms with Gasteiger partial charge in [-0.3, -0.25) is 9.69 Å². The molecule has 0 saturated carbocycles. The molecule has 1 aliphatic heterocycles. The number of thiocarbonyl (C=S) groups is 1. The lowest BCUT2D eigenvalue weighted by Gasteiger charge is -2.15. The van der Waals surface area contributed by atoms with E-state index in [1.165, 1.54) is 29.2 Å². The van der Waals surface area contributed by atoms with Crippen molar-refractivity contribution in [2.24, 2.45) is 0 Å². The van der Waals surface area contributed by atoms with E-state index in [4.69, 9.17) is 17.3 Å². The van der Waals surface area contributed by atoms with Crippen LogP contribution in [0.2, 0.25) is 0 Å². The smallest absolute Gasteiger partial charge is 0.335 e. The molecule has 1 fully saturated rings. The van der Waals surface area contributed by atoms with Gasteiger partial charge in [0.05, 0.1) is 16.2 Å². The van der Waals surface area contributed by atoms with Crippen LogP contribution in [0.25, 0.3) is 6.08 Å². The van der Waals surface area contributed by atoms with Gasteiger partial charge < -0.3 is 10.2 Å². The van der Waals surface area contributed by atoms with Crippen LogP contribution >= 0.6 is 24.0 Å². The molecule has 2 aromatic carbocycles. The molecule has 1 aliphatic rings. The van der Waals surface area contributed by atoms with Gasteiger partial charge in [0.25, 0.3) is 5.91 Å². The Balaban J connectivity index is 1.97. The predicted molar refractivity (Wildman–Crippen MR) is 94.9 cm³/mol. The van der Waals surface area contributed by atoms with Gasteiger partial charge in [0.2, 0.25) is 0 Å². The van der Waals surface area contributed by atoms with Crippen molar-refractivity contribution in [3.05, 3.63) is 64.6 Å². The monoisotopic (exact) mass is 356 g/mol. The summed E-state index contributed by atoms with van der Waals surface area (Å²) in [6.45, 7) is 0. The minimum absolute atomic E-state index is 0.0652. The first-order chi connectivity index (χ1) is 11.5. The molecule has 1 amide bonds. The lowest BCUT2D eigenvalue weighted by atomic mass is 10.1. The standard InChI is InChI=1S/C17H11NO4S2/c19-13-7-2-1-4-10(13)9-14-15(20)18(17(23)24-14)12-6-3-5-11(8-12)16(21)22/h1-9,19H,(H,21,22)/p-1/b14-9+. The summed E-state index contributed by atoms with van der Waals surface area (Å²) in [6.07, 6.45) is 1.50. The van der Waals surface area contributed by atoms with E-state index in [9.17, 15) is 14.7 Å². The van der Waals surface area contributed by atoms with Gasteiger partial charge in [0.1, 0.15) is 0 Å². The summed E-state index contributed by atoms with van der Waals surface area (Å²) in [5.74, 6) is -1.65. The largest absolute Gasteiger partial charge is 0.872 e. The number of benzene rings is 2. The molecule has 7 heteroatoms. The van der Waals surface area contributed by atoms with E-state index in [0.29, 0.717) is 16.2 Å². The maximum Gasteiger partial charge on any atom is 0.335 e. The van der Waals surface area contributed by atoms with E-state index in [-0.39, 0.29) is 21.5 Å². The summed E-state index contributed by atoms with van der Waals surface area (Å²) in [7, 11) is 0. The van der Waals surface area contributed by atoms with Crippen LogP contribution < -0.4 is 10.0 Å². The molecule has 0 bridgehead atoms. The number of aromatic carboxylic acids is 1. The highest BCUT2D eigenvalue weighted by atomic mass is 32.2. The molecule has 0 atom stereocenters. The van der Waals surface area contributed by atoms with Gasteiger partial charge in [-0.1, -0.05) is 54.3 Å². The molecule has 2 aromatic rings. The highest BCUT2D eigenvalue weighted by Crippen LogP contribution is 2.36. The third kappa shape index (κ3) is 3.04. The van der Waals surface area contributed by atoms with Crippen LogP contribution in [0.3, 0.4) is 0 Å². The number of anilines is 1. The summed E-state index contributed by atoms with van der Waals surface area (Å²) in [5, 5.41) is 20.9. The lowest BCUT2D eigenvalue weighted by molar-refractivity contribution is -0.268. The maximum atomic E-state index is 12.6. The van der Waals surface area contributed by atoms with Crippen LogP contribution in [-0.4, -0.2) is 21.3 Å². The van der Waals surface area contributed by atoms with Gasteiger partial charge in [-0.05, 0) is 29.8 Å². The zero-order valence-corrected chi connectivity index (χ0v) is 13.8. The second-order valence-corrected chi connectivity index (χ2v) is 6.59. The Morgan fingerprint density at radius 2 is 1.96 bits per heavy atom. The third-order valence-corrected chi connectivity index (χ3v) is 4.65. The van der Waals surface area contributed by atoms with Crippen molar-refractivity contribution in [3.8, 4) is 5.75 Å². The topological polar surface area (TPSA) is 80.7 Å². The molecule has 5 nitrogen and oxygen atoms in total. The first-order valence-corrected chi connectivity index (χ1v) is 8.07. The van der Waals surface area contributed by atoms with Crippen molar-refractivity contribution in [1.82, 2.24) is 0 Å². The Hall–Kier alpha value is -2.64. The number of carboxylic acid groups (broad SMARTS) is 1. The summed E-state index contributed by atoms with van der Waals surface area (Å²) in [4.78, 5) is 25.3. The van der Waals surface area contributed by atoms with Crippen LogP contribution in [-0.2, 0) is 4.79 Å². The zero-order valence-electron chi connectivity index (χ0n) is 12.1. The number of thioether (sulfide) groups is 1. The molecule has 1 heterocycles. The van der Waals surface area contributed by atoms with E-state index < -0.39 is 5.97 Å². The average Bonchev–Trinajstić information content (AvgIpc) is 2.83. The predicted octanol–water partition coefficient (Wildman–Crippen LogP) is 2.86.